The highest BCUT2D eigenvalue weighted by molar-refractivity contribution is 6.02. The molecule has 0 aliphatic carbocycles. The van der Waals surface area contributed by atoms with Crippen molar-refractivity contribution >= 4 is 35.6 Å². The molecule has 47 heavy (non-hydrogen) atoms. The number of anilines is 1. The Morgan fingerprint density at radius 3 is 2.47 bits per heavy atom. The van der Waals surface area contributed by atoms with Gasteiger partial charge in [-0.1, -0.05) is 36.4 Å². The maximum Gasteiger partial charge on any atom is 0.410 e. The zero-order chi connectivity index (χ0) is 34.0. The molecular formula is C36H45N5O6. The van der Waals surface area contributed by atoms with Gasteiger partial charge in [0.15, 0.2) is 0 Å². The van der Waals surface area contributed by atoms with E-state index in [0.717, 1.165) is 29.7 Å². The Labute approximate surface area is 276 Å². The molecule has 4 rings (SSSR count). The maximum absolute atomic E-state index is 12.9. The van der Waals surface area contributed by atoms with E-state index < -0.39 is 17.5 Å². The van der Waals surface area contributed by atoms with Crippen LogP contribution in [0.25, 0.3) is 0 Å². The van der Waals surface area contributed by atoms with E-state index in [1.54, 1.807) is 53.6 Å². The van der Waals surface area contributed by atoms with Crippen molar-refractivity contribution in [2.75, 3.05) is 25.4 Å². The molecule has 2 atom stereocenters. The lowest BCUT2D eigenvalue weighted by atomic mass is 9.91. The average molecular weight is 644 g/mol. The minimum absolute atomic E-state index is 0.0352. The van der Waals surface area contributed by atoms with Crippen molar-refractivity contribution < 1.29 is 28.6 Å². The standard InChI is InChI=1S/C36H45N5O6/c1-24(37)17-19-46-36(2,3)20-32(42)47-30-15-9-25(10-16-30)23-45-35(44)41-18-5-7-28(22-41)26-11-13-29(14-12-26)40-21-27-6-4-8-31(33(27)38)34(39)43/h4,6,8-16,21,24,28H,5,7,17-20,22-23,37-38H2,1-3H3,(H2,39,43). The molecule has 2 unspecified atom stereocenters. The molecule has 0 radical (unpaired) electrons. The molecule has 250 valence electrons. The van der Waals surface area contributed by atoms with Crippen LogP contribution in [0.15, 0.2) is 71.7 Å². The zero-order valence-corrected chi connectivity index (χ0v) is 27.3. The lowest BCUT2D eigenvalue weighted by molar-refractivity contribution is -0.141. The smallest absolute Gasteiger partial charge is 0.410 e. The number of aliphatic imine (C=N–C) groups is 1. The van der Waals surface area contributed by atoms with Gasteiger partial charge in [0.1, 0.15) is 12.4 Å². The van der Waals surface area contributed by atoms with Gasteiger partial charge in [-0.05, 0) is 81.5 Å². The second kappa shape index (κ2) is 16.2. The fourth-order valence-corrected chi connectivity index (χ4v) is 5.28. The van der Waals surface area contributed by atoms with Crippen LogP contribution in [0, 0.1) is 0 Å². The Morgan fingerprint density at radius 2 is 1.79 bits per heavy atom. The van der Waals surface area contributed by atoms with Crippen LogP contribution in [0.3, 0.4) is 0 Å². The molecule has 0 spiro atoms. The Hall–Kier alpha value is -4.74. The van der Waals surface area contributed by atoms with Crippen LogP contribution in [-0.2, 0) is 20.9 Å². The first-order chi connectivity index (χ1) is 22.4. The van der Waals surface area contributed by atoms with Crippen LogP contribution in [0.4, 0.5) is 16.2 Å². The van der Waals surface area contributed by atoms with Crippen molar-refractivity contribution in [1.82, 2.24) is 4.90 Å². The number of benzene rings is 3. The molecule has 6 N–H and O–H groups in total. The molecule has 1 aliphatic rings. The van der Waals surface area contributed by atoms with E-state index in [1.165, 1.54) is 0 Å². The summed E-state index contributed by atoms with van der Waals surface area (Å²) in [5, 5.41) is 0. The molecule has 0 bridgehead atoms. The summed E-state index contributed by atoms with van der Waals surface area (Å²) >= 11 is 0. The Kier molecular flexibility index (Phi) is 12.1. The summed E-state index contributed by atoms with van der Waals surface area (Å²) in [7, 11) is 0. The van der Waals surface area contributed by atoms with E-state index in [1.807, 2.05) is 45.0 Å². The van der Waals surface area contributed by atoms with Crippen LogP contribution >= 0.6 is 0 Å². The number of piperidine rings is 1. The number of nitrogen functional groups attached to an aromatic ring is 1. The number of hydrogen-bond donors (Lipinski definition) is 3. The van der Waals surface area contributed by atoms with Crippen LogP contribution in [0.5, 0.6) is 5.75 Å². The summed E-state index contributed by atoms with van der Waals surface area (Å²) in [5.41, 5.74) is 20.3. The number of ether oxygens (including phenoxy) is 3. The van der Waals surface area contributed by atoms with Gasteiger partial charge in [0.25, 0.3) is 5.91 Å². The molecule has 3 aromatic carbocycles. The first-order valence-corrected chi connectivity index (χ1v) is 15.8. The van der Waals surface area contributed by atoms with Gasteiger partial charge in [-0.2, -0.15) is 0 Å². The minimum Gasteiger partial charge on any atom is -0.445 e. The quantitative estimate of drug-likeness (QED) is 0.0953. The van der Waals surface area contributed by atoms with Gasteiger partial charge < -0.3 is 36.3 Å². The highest BCUT2D eigenvalue weighted by atomic mass is 16.6. The number of nitrogens with two attached hydrogens (primary N) is 3. The van der Waals surface area contributed by atoms with E-state index in [0.29, 0.717) is 43.1 Å². The van der Waals surface area contributed by atoms with Crippen LogP contribution in [-0.4, -0.2) is 60.4 Å². The summed E-state index contributed by atoms with van der Waals surface area (Å²) in [4.78, 5) is 43.2. The highest BCUT2D eigenvalue weighted by Gasteiger charge is 2.26. The summed E-state index contributed by atoms with van der Waals surface area (Å²) < 4.78 is 16.9. The van der Waals surface area contributed by atoms with Gasteiger partial charge >= 0.3 is 12.1 Å². The first-order valence-electron chi connectivity index (χ1n) is 15.8. The third-order valence-electron chi connectivity index (χ3n) is 7.96. The number of carbonyl (C=O) groups is 3. The monoisotopic (exact) mass is 643 g/mol. The number of primary amides is 1. The topological polar surface area (TPSA) is 173 Å². The van der Waals surface area contributed by atoms with Crippen LogP contribution < -0.4 is 21.9 Å². The highest BCUT2D eigenvalue weighted by Crippen LogP contribution is 2.29. The van der Waals surface area contributed by atoms with E-state index in [4.69, 9.17) is 31.4 Å². The lowest BCUT2D eigenvalue weighted by Crippen LogP contribution is -2.39. The number of para-hydroxylation sites is 1. The summed E-state index contributed by atoms with van der Waals surface area (Å²) in [5.74, 6) is -0.397. The second-order valence-corrected chi connectivity index (χ2v) is 12.5. The molecule has 11 heteroatoms. The van der Waals surface area contributed by atoms with Gasteiger partial charge in [0.2, 0.25) is 0 Å². The fourth-order valence-electron chi connectivity index (χ4n) is 5.28. The first kappa shape index (κ1) is 35.1. The van der Waals surface area contributed by atoms with Crippen molar-refractivity contribution in [3.8, 4) is 5.75 Å². The van der Waals surface area contributed by atoms with Gasteiger partial charge in [0, 0.05) is 43.4 Å². The van der Waals surface area contributed by atoms with Crippen LogP contribution in [0.1, 0.15) is 79.4 Å². The van der Waals surface area contributed by atoms with Crippen molar-refractivity contribution in [3.05, 3.63) is 89.0 Å². The fraction of sp³-hybridized carbons (Fsp3) is 0.389. The van der Waals surface area contributed by atoms with E-state index in [-0.39, 0.29) is 36.6 Å². The van der Waals surface area contributed by atoms with Crippen LogP contribution in [0.2, 0.25) is 0 Å². The molecule has 3 aromatic rings. The summed E-state index contributed by atoms with van der Waals surface area (Å²) in [6.07, 6.45) is 3.88. The Balaban J connectivity index is 1.24. The number of esters is 1. The molecular weight excluding hydrogens is 598 g/mol. The molecule has 1 heterocycles. The van der Waals surface area contributed by atoms with Gasteiger partial charge in [-0.25, -0.2) is 4.79 Å². The second-order valence-electron chi connectivity index (χ2n) is 12.5. The number of likely N-dealkylation sites (tertiary alicyclic amines) is 1. The zero-order valence-electron chi connectivity index (χ0n) is 27.3. The Morgan fingerprint density at radius 1 is 1.06 bits per heavy atom. The SMILES string of the molecule is CC(N)CCOC(C)(C)CC(=O)Oc1ccc(COC(=O)N2CCCC(c3ccc(N=Cc4cccc(C(N)=O)c4N)cc3)C2)cc1. The predicted molar refractivity (Wildman–Crippen MR) is 182 cm³/mol. The predicted octanol–water partition coefficient (Wildman–Crippen LogP) is 5.46. The Bertz CT molecular complexity index is 1550. The molecule has 1 fully saturated rings. The number of hydrogen-bond acceptors (Lipinski definition) is 9. The number of nitrogens with zero attached hydrogens (tertiary/aromatic N) is 2. The molecule has 1 aliphatic heterocycles. The maximum atomic E-state index is 12.9. The minimum atomic E-state index is -0.663. The van der Waals surface area contributed by atoms with Gasteiger partial charge in [-0.3, -0.25) is 14.6 Å². The third-order valence-corrected chi connectivity index (χ3v) is 7.96. The average Bonchev–Trinajstić information content (AvgIpc) is 3.03. The third kappa shape index (κ3) is 10.7. The number of carbonyl (C=O) groups excluding carboxylic acids is 3. The number of rotatable bonds is 13. The van der Waals surface area contributed by atoms with Crippen molar-refractivity contribution in [1.29, 1.82) is 0 Å². The molecule has 0 saturated carbocycles. The van der Waals surface area contributed by atoms with Crippen molar-refractivity contribution in [2.45, 2.75) is 70.6 Å². The molecule has 11 nitrogen and oxygen atoms in total. The molecule has 2 amide bonds. The van der Waals surface area contributed by atoms with E-state index in [9.17, 15) is 14.4 Å². The summed E-state index contributed by atoms with van der Waals surface area (Å²) in [6.45, 7) is 7.36. The largest absolute Gasteiger partial charge is 0.445 e. The lowest BCUT2D eigenvalue weighted by Gasteiger charge is -2.32. The van der Waals surface area contributed by atoms with Gasteiger partial charge in [-0.15, -0.1) is 0 Å². The van der Waals surface area contributed by atoms with E-state index >= 15 is 0 Å². The number of amides is 2. The molecule has 1 saturated heterocycles. The normalized spacial score (nSPS) is 15.7. The van der Waals surface area contributed by atoms with Crippen molar-refractivity contribution in [3.63, 3.8) is 0 Å². The molecule has 0 aromatic heterocycles. The summed E-state index contributed by atoms with van der Waals surface area (Å²) in [6, 6.07) is 19.9. The van der Waals surface area contributed by atoms with Crippen molar-refractivity contribution in [2.24, 2.45) is 16.5 Å². The van der Waals surface area contributed by atoms with E-state index in [2.05, 4.69) is 4.99 Å². The van der Waals surface area contributed by atoms with Gasteiger partial charge in [0.05, 0.1) is 29.0 Å².